The minimum atomic E-state index is -0.183. The van der Waals surface area contributed by atoms with Crippen molar-refractivity contribution in [2.24, 2.45) is 5.92 Å². The molecule has 1 unspecified atom stereocenters. The molecule has 2 aliphatic heterocycles. The predicted molar refractivity (Wildman–Crippen MR) is 96.2 cm³/mol. The normalized spacial score (nSPS) is 21.4. The standard InChI is InChI=1S/C18H24BrNO5/c1-3-23-16-14(19)9-13(10-15(16)22-2)17(21)20-6-4-5-12(11-20)18-24-7-8-25-18/h9-10,12,18H,3-8,11H2,1-2H3. The number of hydrogen-bond acceptors (Lipinski definition) is 5. The molecule has 25 heavy (non-hydrogen) atoms. The molecule has 2 aliphatic rings. The largest absolute Gasteiger partial charge is 0.493 e. The molecule has 3 rings (SSSR count). The zero-order valence-electron chi connectivity index (χ0n) is 14.6. The van der Waals surface area contributed by atoms with Crippen LogP contribution in [0.15, 0.2) is 16.6 Å². The third-order valence-electron chi connectivity index (χ3n) is 4.54. The summed E-state index contributed by atoms with van der Waals surface area (Å²) in [6.45, 7) is 5.10. The second kappa shape index (κ2) is 8.38. The van der Waals surface area contributed by atoms with Crippen LogP contribution in [0.4, 0.5) is 0 Å². The fourth-order valence-electron chi connectivity index (χ4n) is 3.38. The number of halogens is 1. The van der Waals surface area contributed by atoms with Crippen LogP contribution in [0.3, 0.4) is 0 Å². The van der Waals surface area contributed by atoms with Crippen LogP contribution in [0.1, 0.15) is 30.1 Å². The Morgan fingerprint density at radius 3 is 2.80 bits per heavy atom. The maximum atomic E-state index is 13.0. The summed E-state index contributed by atoms with van der Waals surface area (Å²) in [5.74, 6) is 1.39. The van der Waals surface area contributed by atoms with Gasteiger partial charge in [0.1, 0.15) is 0 Å². The third-order valence-corrected chi connectivity index (χ3v) is 5.13. The van der Waals surface area contributed by atoms with E-state index in [0.29, 0.717) is 47.9 Å². The summed E-state index contributed by atoms with van der Waals surface area (Å²) in [6.07, 6.45) is 1.79. The first-order valence-corrected chi connectivity index (χ1v) is 9.46. The van der Waals surface area contributed by atoms with Gasteiger partial charge in [-0.15, -0.1) is 0 Å². The Morgan fingerprint density at radius 1 is 1.36 bits per heavy atom. The van der Waals surface area contributed by atoms with Gasteiger partial charge in [-0.3, -0.25) is 4.79 Å². The van der Waals surface area contributed by atoms with E-state index in [0.717, 1.165) is 19.4 Å². The maximum Gasteiger partial charge on any atom is 0.254 e. The van der Waals surface area contributed by atoms with Gasteiger partial charge >= 0.3 is 0 Å². The molecule has 0 saturated carbocycles. The first kappa shape index (κ1) is 18.5. The van der Waals surface area contributed by atoms with E-state index in [1.54, 1.807) is 19.2 Å². The maximum absolute atomic E-state index is 13.0. The number of hydrogen-bond donors (Lipinski definition) is 0. The zero-order valence-corrected chi connectivity index (χ0v) is 16.2. The molecule has 0 N–H and O–H groups in total. The van der Waals surface area contributed by atoms with Gasteiger partial charge in [0.05, 0.1) is 31.4 Å². The molecular formula is C18H24BrNO5. The number of nitrogens with zero attached hydrogens (tertiary/aromatic N) is 1. The molecule has 0 spiro atoms. The van der Waals surface area contributed by atoms with Crippen LogP contribution in [0.25, 0.3) is 0 Å². The summed E-state index contributed by atoms with van der Waals surface area (Å²) in [6, 6.07) is 3.53. The van der Waals surface area contributed by atoms with Crippen molar-refractivity contribution < 1.29 is 23.7 Å². The van der Waals surface area contributed by atoms with Crippen LogP contribution in [0, 0.1) is 5.92 Å². The first-order valence-electron chi connectivity index (χ1n) is 8.66. The van der Waals surface area contributed by atoms with Gasteiger partial charge in [0.25, 0.3) is 5.91 Å². The van der Waals surface area contributed by atoms with Gasteiger partial charge in [0.2, 0.25) is 0 Å². The average molecular weight is 414 g/mol. The molecule has 1 aromatic rings. The molecule has 0 aromatic heterocycles. The van der Waals surface area contributed by atoms with Gasteiger partial charge in [0, 0.05) is 24.6 Å². The van der Waals surface area contributed by atoms with Crippen LogP contribution in [-0.2, 0) is 9.47 Å². The Morgan fingerprint density at radius 2 is 2.12 bits per heavy atom. The van der Waals surface area contributed by atoms with Gasteiger partial charge in [-0.2, -0.15) is 0 Å². The van der Waals surface area contributed by atoms with Crippen molar-refractivity contribution in [1.29, 1.82) is 0 Å². The van der Waals surface area contributed by atoms with Gasteiger partial charge in [0.15, 0.2) is 17.8 Å². The molecule has 1 aromatic carbocycles. The average Bonchev–Trinajstić information content (AvgIpc) is 3.17. The highest BCUT2D eigenvalue weighted by molar-refractivity contribution is 9.10. The van der Waals surface area contributed by atoms with Crippen molar-refractivity contribution in [1.82, 2.24) is 4.90 Å². The smallest absolute Gasteiger partial charge is 0.254 e. The summed E-state index contributed by atoms with van der Waals surface area (Å²) in [4.78, 5) is 14.9. The molecule has 0 bridgehead atoms. The lowest BCUT2D eigenvalue weighted by Crippen LogP contribution is -2.43. The van der Waals surface area contributed by atoms with Crippen LogP contribution < -0.4 is 9.47 Å². The molecule has 2 fully saturated rings. The lowest BCUT2D eigenvalue weighted by molar-refractivity contribution is -0.0969. The molecule has 2 heterocycles. The van der Waals surface area contributed by atoms with Crippen LogP contribution in [-0.4, -0.2) is 57.1 Å². The number of likely N-dealkylation sites (tertiary alicyclic amines) is 1. The summed E-state index contributed by atoms with van der Waals surface area (Å²) >= 11 is 3.48. The van der Waals surface area contributed by atoms with Crippen molar-refractivity contribution in [3.05, 3.63) is 22.2 Å². The first-order chi connectivity index (χ1) is 12.1. The number of carbonyl (C=O) groups excluding carboxylic acids is 1. The SMILES string of the molecule is CCOc1c(Br)cc(C(=O)N2CCCC(C3OCCO3)C2)cc1OC. The number of benzene rings is 1. The van der Waals surface area contributed by atoms with Gasteiger partial charge in [-0.25, -0.2) is 0 Å². The molecule has 0 radical (unpaired) electrons. The predicted octanol–water partition coefficient (Wildman–Crippen LogP) is 3.08. The van der Waals surface area contributed by atoms with Crippen molar-refractivity contribution >= 4 is 21.8 Å². The molecule has 7 heteroatoms. The van der Waals surface area contributed by atoms with Crippen LogP contribution in [0.5, 0.6) is 11.5 Å². The Bertz CT molecular complexity index is 618. The number of methoxy groups -OCH3 is 1. The Kier molecular flexibility index (Phi) is 6.19. The van der Waals surface area contributed by atoms with Crippen molar-refractivity contribution in [3.8, 4) is 11.5 Å². The number of amides is 1. The number of piperidine rings is 1. The van der Waals surface area contributed by atoms with E-state index in [-0.39, 0.29) is 18.1 Å². The number of rotatable bonds is 5. The van der Waals surface area contributed by atoms with Gasteiger partial charge in [-0.1, -0.05) is 0 Å². The highest BCUT2D eigenvalue weighted by Gasteiger charge is 2.33. The zero-order chi connectivity index (χ0) is 17.8. The summed E-state index contributed by atoms with van der Waals surface area (Å²) in [7, 11) is 1.57. The van der Waals surface area contributed by atoms with E-state index in [2.05, 4.69) is 15.9 Å². The number of ether oxygens (including phenoxy) is 4. The van der Waals surface area contributed by atoms with E-state index in [9.17, 15) is 4.79 Å². The molecule has 2 saturated heterocycles. The summed E-state index contributed by atoms with van der Waals surface area (Å²) in [5, 5.41) is 0. The highest BCUT2D eigenvalue weighted by Crippen LogP contribution is 2.37. The molecule has 6 nitrogen and oxygen atoms in total. The summed E-state index contributed by atoms with van der Waals surface area (Å²) < 4.78 is 22.9. The van der Waals surface area contributed by atoms with E-state index < -0.39 is 0 Å². The molecule has 1 amide bonds. The fourth-order valence-corrected chi connectivity index (χ4v) is 3.93. The third kappa shape index (κ3) is 4.10. The minimum absolute atomic E-state index is 0.00949. The van der Waals surface area contributed by atoms with E-state index in [1.165, 1.54) is 0 Å². The lowest BCUT2D eigenvalue weighted by atomic mass is 9.96. The quantitative estimate of drug-likeness (QED) is 0.742. The van der Waals surface area contributed by atoms with E-state index >= 15 is 0 Å². The Hall–Kier alpha value is -1.31. The van der Waals surface area contributed by atoms with Crippen molar-refractivity contribution in [2.45, 2.75) is 26.1 Å². The van der Waals surface area contributed by atoms with E-state index in [1.807, 2.05) is 11.8 Å². The van der Waals surface area contributed by atoms with Crippen molar-refractivity contribution in [2.75, 3.05) is 40.0 Å². The number of carbonyl (C=O) groups is 1. The minimum Gasteiger partial charge on any atom is -0.493 e. The van der Waals surface area contributed by atoms with Crippen LogP contribution in [0.2, 0.25) is 0 Å². The van der Waals surface area contributed by atoms with E-state index in [4.69, 9.17) is 18.9 Å². The van der Waals surface area contributed by atoms with Crippen molar-refractivity contribution in [3.63, 3.8) is 0 Å². The Balaban J connectivity index is 1.76. The topological polar surface area (TPSA) is 57.2 Å². The molecule has 138 valence electrons. The lowest BCUT2D eigenvalue weighted by Gasteiger charge is -2.34. The Labute approximate surface area is 156 Å². The second-order valence-electron chi connectivity index (χ2n) is 6.19. The van der Waals surface area contributed by atoms with Gasteiger partial charge < -0.3 is 23.8 Å². The van der Waals surface area contributed by atoms with Crippen LogP contribution >= 0.6 is 15.9 Å². The molecule has 0 aliphatic carbocycles. The van der Waals surface area contributed by atoms with Gasteiger partial charge in [-0.05, 0) is 47.8 Å². The fraction of sp³-hybridized carbons (Fsp3) is 0.611. The molecular weight excluding hydrogens is 390 g/mol. The summed E-state index contributed by atoms with van der Waals surface area (Å²) in [5.41, 5.74) is 0.584. The molecule has 1 atom stereocenters. The second-order valence-corrected chi connectivity index (χ2v) is 7.04. The monoisotopic (exact) mass is 413 g/mol. The highest BCUT2D eigenvalue weighted by atomic mass is 79.9.